The summed E-state index contributed by atoms with van der Waals surface area (Å²) in [5.41, 5.74) is 3.22. The molecule has 176 valence electrons. The number of nitriles is 1. The first-order chi connectivity index (χ1) is 16.0. The summed E-state index contributed by atoms with van der Waals surface area (Å²) in [6, 6.07) is 9.45. The van der Waals surface area contributed by atoms with Gasteiger partial charge < -0.3 is 10.6 Å². The Morgan fingerprint density at radius 2 is 1.79 bits per heavy atom. The van der Waals surface area contributed by atoms with Crippen molar-refractivity contribution in [3.8, 4) is 6.07 Å². The molecule has 1 saturated carbocycles. The molecule has 1 aliphatic heterocycles. The van der Waals surface area contributed by atoms with Crippen LogP contribution in [0.15, 0.2) is 42.5 Å². The van der Waals surface area contributed by atoms with Crippen LogP contribution < -0.4 is 10.6 Å². The van der Waals surface area contributed by atoms with Gasteiger partial charge in [-0.15, -0.1) is 0 Å². The highest BCUT2D eigenvalue weighted by Gasteiger charge is 2.61. The number of amides is 3. The summed E-state index contributed by atoms with van der Waals surface area (Å²) < 4.78 is 53.3. The Balaban J connectivity index is 1.67. The molecule has 0 aromatic heterocycles. The molecule has 1 spiro atoms. The van der Waals surface area contributed by atoms with Gasteiger partial charge in [0.1, 0.15) is 17.9 Å². The number of carbonyl (C=O) groups is 3. The quantitative estimate of drug-likeness (QED) is 0.688. The molecule has 1 saturated heterocycles. The highest BCUT2D eigenvalue weighted by Crippen LogP contribution is 2.47. The van der Waals surface area contributed by atoms with Gasteiger partial charge in [0.25, 0.3) is 5.91 Å². The van der Waals surface area contributed by atoms with E-state index in [1.54, 1.807) is 6.07 Å². The number of rotatable bonds is 4. The van der Waals surface area contributed by atoms with Crippen molar-refractivity contribution < 1.29 is 31.9 Å². The molecule has 4 rings (SSSR count). The number of nitrogens with two attached hydrogens (primary N) is 1. The van der Waals surface area contributed by atoms with Gasteiger partial charge in [0, 0.05) is 12.5 Å². The van der Waals surface area contributed by atoms with Crippen LogP contribution in [0.3, 0.4) is 0 Å². The van der Waals surface area contributed by atoms with Crippen molar-refractivity contribution in [3.63, 3.8) is 0 Å². The zero-order valence-corrected chi connectivity index (χ0v) is 17.6. The van der Waals surface area contributed by atoms with E-state index in [4.69, 9.17) is 11.0 Å². The highest BCUT2D eigenvalue weighted by atomic mass is 19.4. The molecule has 34 heavy (non-hydrogen) atoms. The second-order valence-corrected chi connectivity index (χ2v) is 8.38. The van der Waals surface area contributed by atoms with Gasteiger partial charge in [-0.25, -0.2) is 4.39 Å². The number of nitrogens with zero attached hydrogens (tertiary/aromatic N) is 3. The third-order valence-corrected chi connectivity index (χ3v) is 6.31. The Morgan fingerprint density at radius 1 is 1.15 bits per heavy atom. The predicted molar refractivity (Wildman–Crippen MR) is 110 cm³/mol. The first-order valence-electron chi connectivity index (χ1n) is 10.2. The molecule has 2 fully saturated rings. The van der Waals surface area contributed by atoms with E-state index in [1.807, 2.05) is 0 Å². The van der Waals surface area contributed by atoms with Crippen LogP contribution >= 0.6 is 0 Å². The molecule has 7 nitrogen and oxygen atoms in total. The van der Waals surface area contributed by atoms with Crippen molar-refractivity contribution >= 4 is 23.4 Å². The van der Waals surface area contributed by atoms with Crippen molar-refractivity contribution in [2.24, 2.45) is 11.7 Å². The third-order valence-electron chi connectivity index (χ3n) is 6.31. The minimum atomic E-state index is -4.52. The van der Waals surface area contributed by atoms with Crippen LogP contribution in [-0.2, 0) is 27.1 Å². The highest BCUT2D eigenvalue weighted by molar-refractivity contribution is 6.10. The molecule has 2 N–H and O–H groups in total. The van der Waals surface area contributed by atoms with Gasteiger partial charge in [0.15, 0.2) is 0 Å². The molecule has 1 aliphatic carbocycles. The van der Waals surface area contributed by atoms with Gasteiger partial charge in [0.2, 0.25) is 11.8 Å². The van der Waals surface area contributed by atoms with Gasteiger partial charge in [-0.05, 0) is 48.7 Å². The maximum atomic E-state index is 14.6. The average molecular weight is 474 g/mol. The summed E-state index contributed by atoms with van der Waals surface area (Å²) in [6.45, 7) is -0.677. The van der Waals surface area contributed by atoms with Crippen LogP contribution in [-0.4, -0.2) is 34.7 Å². The van der Waals surface area contributed by atoms with E-state index in [0.29, 0.717) is 5.56 Å². The Hall–Kier alpha value is -3.94. The lowest BCUT2D eigenvalue weighted by Crippen LogP contribution is -2.73. The fourth-order valence-electron chi connectivity index (χ4n) is 4.46. The SMILES string of the molecule is N#Cc1ccc(N2CC(=O)N(Cc3ccc(C(F)(F)F)cc3)[C@]3(C[C@@H](C(N)=O)C3)C2=O)c(F)c1. The maximum absolute atomic E-state index is 14.6. The summed E-state index contributed by atoms with van der Waals surface area (Å²) in [6.07, 6.45) is -4.69. The second kappa shape index (κ2) is 8.13. The van der Waals surface area contributed by atoms with Crippen LogP contribution in [0, 0.1) is 23.1 Å². The van der Waals surface area contributed by atoms with Crippen molar-refractivity contribution in [1.82, 2.24) is 4.90 Å². The number of hydrogen-bond donors (Lipinski definition) is 1. The van der Waals surface area contributed by atoms with Gasteiger partial charge in [-0.3, -0.25) is 19.3 Å². The van der Waals surface area contributed by atoms with Gasteiger partial charge in [-0.2, -0.15) is 18.4 Å². The molecule has 0 unspecified atom stereocenters. The molecule has 2 aliphatic rings. The first kappa shape index (κ1) is 23.2. The van der Waals surface area contributed by atoms with E-state index in [9.17, 15) is 31.9 Å². The fraction of sp³-hybridized carbons (Fsp3) is 0.304. The zero-order chi connectivity index (χ0) is 24.8. The topological polar surface area (TPSA) is 108 Å². The van der Waals surface area contributed by atoms with Crippen molar-refractivity contribution in [2.45, 2.75) is 31.1 Å². The Labute approximate surface area is 191 Å². The third kappa shape index (κ3) is 3.85. The van der Waals surface area contributed by atoms with E-state index < -0.39 is 53.3 Å². The molecule has 1 heterocycles. The smallest absolute Gasteiger partial charge is 0.369 e. The lowest BCUT2D eigenvalue weighted by Gasteiger charge is -2.56. The number of halogens is 4. The fourth-order valence-corrected chi connectivity index (χ4v) is 4.46. The van der Waals surface area contributed by atoms with E-state index >= 15 is 0 Å². The minimum absolute atomic E-state index is 0.0353. The largest absolute Gasteiger partial charge is 0.416 e. The first-order valence-corrected chi connectivity index (χ1v) is 10.2. The number of carbonyl (C=O) groups excluding carboxylic acids is 3. The predicted octanol–water partition coefficient (Wildman–Crippen LogP) is 2.73. The Kier molecular flexibility index (Phi) is 5.55. The molecule has 3 amide bonds. The lowest BCUT2D eigenvalue weighted by atomic mass is 9.64. The molecule has 0 radical (unpaired) electrons. The van der Waals surface area contributed by atoms with Crippen LogP contribution in [0.25, 0.3) is 0 Å². The van der Waals surface area contributed by atoms with Gasteiger partial charge in [-0.1, -0.05) is 12.1 Å². The summed E-state index contributed by atoms with van der Waals surface area (Å²) >= 11 is 0. The standard InChI is InChI=1S/C23H18F4N4O3/c24-17-7-14(10-28)3-6-18(17)30-12-19(32)31(22(21(30)34)8-15(9-22)20(29)33)11-13-1-4-16(5-2-13)23(25,26)27/h1-7,15H,8-9,11-12H2,(H2,29,33)/t15-,22+. The van der Waals surface area contributed by atoms with Crippen molar-refractivity contribution in [2.75, 3.05) is 11.4 Å². The summed E-state index contributed by atoms with van der Waals surface area (Å²) in [7, 11) is 0. The van der Waals surface area contributed by atoms with Gasteiger partial charge >= 0.3 is 6.18 Å². The summed E-state index contributed by atoms with van der Waals surface area (Å²) in [5.74, 6) is -3.39. The molecular weight excluding hydrogens is 456 g/mol. The van der Waals surface area contributed by atoms with E-state index in [-0.39, 0.29) is 30.6 Å². The average Bonchev–Trinajstić information content (AvgIpc) is 2.74. The number of primary amides is 1. The van der Waals surface area contributed by atoms with Crippen LogP contribution in [0.2, 0.25) is 0 Å². The van der Waals surface area contributed by atoms with Crippen LogP contribution in [0.5, 0.6) is 0 Å². The Morgan fingerprint density at radius 3 is 2.32 bits per heavy atom. The van der Waals surface area contributed by atoms with E-state index in [0.717, 1.165) is 23.1 Å². The minimum Gasteiger partial charge on any atom is -0.369 e. The summed E-state index contributed by atoms with van der Waals surface area (Å²) in [4.78, 5) is 40.5. The van der Waals surface area contributed by atoms with Crippen molar-refractivity contribution in [1.29, 1.82) is 5.26 Å². The molecule has 2 aromatic rings. The Bertz CT molecular complexity index is 1210. The number of piperazine rings is 1. The number of hydrogen-bond acceptors (Lipinski definition) is 4. The molecule has 2 aromatic carbocycles. The van der Waals surface area contributed by atoms with Crippen molar-refractivity contribution in [3.05, 3.63) is 65.0 Å². The monoisotopic (exact) mass is 474 g/mol. The number of benzene rings is 2. The van der Waals surface area contributed by atoms with Crippen LogP contribution in [0.1, 0.15) is 29.5 Å². The number of alkyl halides is 3. The lowest BCUT2D eigenvalue weighted by molar-refractivity contribution is -0.164. The second-order valence-electron chi connectivity index (χ2n) is 8.38. The van der Waals surface area contributed by atoms with Gasteiger partial charge in [0.05, 0.1) is 22.9 Å². The van der Waals surface area contributed by atoms with E-state index in [2.05, 4.69) is 0 Å². The van der Waals surface area contributed by atoms with Crippen LogP contribution in [0.4, 0.5) is 23.2 Å². The molecule has 11 heteroatoms. The molecule has 0 atom stereocenters. The maximum Gasteiger partial charge on any atom is 0.416 e. The van der Waals surface area contributed by atoms with E-state index in [1.165, 1.54) is 29.2 Å². The molecular formula is C23H18F4N4O3. The molecule has 0 bridgehead atoms. The summed E-state index contributed by atoms with van der Waals surface area (Å²) in [5, 5.41) is 8.94. The number of anilines is 1. The normalized spacial score (nSPS) is 22.5. The zero-order valence-electron chi connectivity index (χ0n) is 17.6.